The maximum absolute atomic E-state index is 13.1. The SMILES string of the molecule is CCC/C(=C\c1ccccc1O)CC[C@H]1OC[C@H]2C1=C(CC)C[C@H]1C(=O)N(C(=O)OC)C(=O)[C@H]12. The summed E-state index contributed by atoms with van der Waals surface area (Å²) in [6.07, 6.45) is 5.83. The van der Waals surface area contributed by atoms with Crippen molar-refractivity contribution in [2.24, 2.45) is 17.8 Å². The van der Waals surface area contributed by atoms with Gasteiger partial charge in [-0.3, -0.25) is 9.59 Å². The molecule has 4 atom stereocenters. The molecule has 182 valence electrons. The van der Waals surface area contributed by atoms with Gasteiger partial charge in [0.15, 0.2) is 0 Å². The van der Waals surface area contributed by atoms with Crippen molar-refractivity contribution in [1.29, 1.82) is 0 Å². The Morgan fingerprint density at radius 3 is 2.62 bits per heavy atom. The van der Waals surface area contributed by atoms with Gasteiger partial charge in [0.05, 0.1) is 31.7 Å². The number of carbonyl (C=O) groups is 3. The molecule has 3 aliphatic rings. The van der Waals surface area contributed by atoms with E-state index in [-0.39, 0.29) is 17.8 Å². The largest absolute Gasteiger partial charge is 0.507 e. The van der Waals surface area contributed by atoms with Crippen molar-refractivity contribution in [1.82, 2.24) is 4.90 Å². The van der Waals surface area contributed by atoms with Gasteiger partial charge in [0.25, 0.3) is 0 Å². The third-order valence-electron chi connectivity index (χ3n) is 7.39. The van der Waals surface area contributed by atoms with Crippen molar-refractivity contribution >= 4 is 24.0 Å². The van der Waals surface area contributed by atoms with Crippen LogP contribution in [0.15, 0.2) is 41.0 Å². The van der Waals surface area contributed by atoms with E-state index >= 15 is 0 Å². The number of allylic oxidation sites excluding steroid dienone is 2. The lowest BCUT2D eigenvalue weighted by Gasteiger charge is -2.31. The summed E-state index contributed by atoms with van der Waals surface area (Å²) < 4.78 is 10.9. The van der Waals surface area contributed by atoms with Crippen molar-refractivity contribution in [3.8, 4) is 5.75 Å². The molecule has 0 radical (unpaired) electrons. The van der Waals surface area contributed by atoms with Crippen molar-refractivity contribution in [2.75, 3.05) is 13.7 Å². The van der Waals surface area contributed by atoms with Crippen LogP contribution in [0.5, 0.6) is 5.75 Å². The molecular weight excluding hydrogens is 434 g/mol. The first-order valence-corrected chi connectivity index (χ1v) is 12.2. The number of benzene rings is 1. The predicted molar refractivity (Wildman–Crippen MR) is 127 cm³/mol. The standard InChI is InChI=1S/C27H33NO6/c1-4-8-16(13-18-9-6-7-10-21(18)29)11-12-22-23-17(5-2)14-19-24(20(23)15-34-22)26(31)28(25(19)30)27(32)33-3/h6-7,9-10,13,19-20,22,24,29H,4-5,8,11-12,14-15H2,1-3H3/b16-13+/t19-,20+,22-,24-/m1/s1. The first-order valence-electron chi connectivity index (χ1n) is 12.2. The lowest BCUT2D eigenvalue weighted by Crippen LogP contribution is -2.38. The highest BCUT2D eigenvalue weighted by Crippen LogP contribution is 2.50. The van der Waals surface area contributed by atoms with E-state index in [2.05, 4.69) is 24.7 Å². The second kappa shape index (κ2) is 10.1. The van der Waals surface area contributed by atoms with Crippen LogP contribution in [0.25, 0.3) is 6.08 Å². The number of hydrogen-bond acceptors (Lipinski definition) is 6. The summed E-state index contributed by atoms with van der Waals surface area (Å²) in [6.45, 7) is 4.58. The zero-order valence-corrected chi connectivity index (χ0v) is 20.1. The van der Waals surface area contributed by atoms with Crippen LogP contribution in [-0.4, -0.2) is 47.7 Å². The van der Waals surface area contributed by atoms with Gasteiger partial charge < -0.3 is 14.6 Å². The molecule has 0 saturated carbocycles. The number of amides is 3. The van der Waals surface area contributed by atoms with Crippen molar-refractivity contribution in [2.45, 2.75) is 58.5 Å². The fraction of sp³-hybridized carbons (Fsp3) is 0.519. The maximum atomic E-state index is 13.1. The maximum Gasteiger partial charge on any atom is 0.423 e. The van der Waals surface area contributed by atoms with Crippen LogP contribution in [0.4, 0.5) is 4.79 Å². The molecule has 2 aliphatic heterocycles. The third-order valence-corrected chi connectivity index (χ3v) is 7.39. The number of ether oxygens (including phenoxy) is 2. The Morgan fingerprint density at radius 2 is 1.94 bits per heavy atom. The first-order chi connectivity index (χ1) is 16.4. The average molecular weight is 468 g/mol. The lowest BCUT2D eigenvalue weighted by atomic mass is 9.69. The molecule has 1 aromatic rings. The predicted octanol–water partition coefficient (Wildman–Crippen LogP) is 4.85. The summed E-state index contributed by atoms with van der Waals surface area (Å²) in [7, 11) is 1.18. The molecule has 2 fully saturated rings. The highest BCUT2D eigenvalue weighted by atomic mass is 16.5. The fourth-order valence-corrected chi connectivity index (χ4v) is 5.82. The van der Waals surface area contributed by atoms with Crippen LogP contribution < -0.4 is 0 Å². The molecule has 3 amide bonds. The van der Waals surface area contributed by atoms with E-state index in [0.717, 1.165) is 43.2 Å². The molecule has 2 saturated heterocycles. The number of aromatic hydroxyl groups is 1. The number of carbonyl (C=O) groups excluding carboxylic acids is 3. The Hall–Kier alpha value is -2.93. The van der Waals surface area contributed by atoms with Crippen LogP contribution in [0.1, 0.15) is 57.9 Å². The van der Waals surface area contributed by atoms with Gasteiger partial charge in [-0.05, 0) is 43.7 Å². The van der Waals surface area contributed by atoms with Crippen LogP contribution in [0, 0.1) is 17.8 Å². The topological polar surface area (TPSA) is 93.1 Å². The van der Waals surface area contributed by atoms with Crippen LogP contribution in [0.2, 0.25) is 0 Å². The Morgan fingerprint density at radius 1 is 1.18 bits per heavy atom. The second-order valence-corrected chi connectivity index (χ2v) is 9.31. The Kier molecular flexibility index (Phi) is 7.22. The lowest BCUT2D eigenvalue weighted by molar-refractivity contribution is -0.137. The zero-order chi connectivity index (χ0) is 24.4. The number of phenolic OH excluding ortho intramolecular Hbond substituents is 1. The van der Waals surface area contributed by atoms with E-state index in [1.807, 2.05) is 18.2 Å². The number of methoxy groups -OCH3 is 1. The molecule has 7 nitrogen and oxygen atoms in total. The average Bonchev–Trinajstić information content (AvgIpc) is 3.36. The number of likely N-dealkylation sites (tertiary alicyclic amines) is 1. The number of imide groups is 3. The van der Waals surface area contributed by atoms with E-state index in [4.69, 9.17) is 4.74 Å². The number of para-hydroxylation sites is 1. The van der Waals surface area contributed by atoms with E-state index in [9.17, 15) is 19.5 Å². The summed E-state index contributed by atoms with van der Waals surface area (Å²) in [5.41, 5.74) is 4.37. The minimum atomic E-state index is -0.905. The van der Waals surface area contributed by atoms with Gasteiger partial charge in [-0.1, -0.05) is 55.7 Å². The number of fused-ring (bicyclic) bond motifs is 3. The minimum Gasteiger partial charge on any atom is -0.507 e. The summed E-state index contributed by atoms with van der Waals surface area (Å²) in [6, 6.07) is 7.31. The molecule has 7 heteroatoms. The summed E-state index contributed by atoms with van der Waals surface area (Å²) >= 11 is 0. The number of nitrogens with zero attached hydrogens (tertiary/aromatic N) is 1. The molecule has 1 aliphatic carbocycles. The third kappa shape index (κ3) is 4.29. The van der Waals surface area contributed by atoms with Crippen molar-refractivity contribution in [3.63, 3.8) is 0 Å². The fourth-order valence-electron chi connectivity index (χ4n) is 5.82. The summed E-state index contributed by atoms with van der Waals surface area (Å²) in [5, 5.41) is 10.2. The van der Waals surface area contributed by atoms with Gasteiger partial charge in [0, 0.05) is 11.5 Å². The van der Waals surface area contributed by atoms with Gasteiger partial charge >= 0.3 is 6.09 Å². The summed E-state index contributed by atoms with van der Waals surface area (Å²) in [4.78, 5) is 38.7. The molecule has 2 heterocycles. The Bertz CT molecular complexity index is 1040. The molecule has 4 rings (SSSR count). The van der Waals surface area contributed by atoms with Gasteiger partial charge in [0.1, 0.15) is 5.75 Å². The highest BCUT2D eigenvalue weighted by molar-refractivity contribution is 6.16. The van der Waals surface area contributed by atoms with Crippen LogP contribution in [0.3, 0.4) is 0 Å². The number of rotatable bonds is 7. The van der Waals surface area contributed by atoms with E-state index in [1.165, 1.54) is 18.3 Å². The van der Waals surface area contributed by atoms with Crippen LogP contribution >= 0.6 is 0 Å². The number of phenols is 1. The van der Waals surface area contributed by atoms with Gasteiger partial charge in [-0.15, -0.1) is 0 Å². The molecule has 0 unspecified atom stereocenters. The zero-order valence-electron chi connectivity index (χ0n) is 20.1. The quantitative estimate of drug-likeness (QED) is 0.455. The van der Waals surface area contributed by atoms with Crippen molar-refractivity contribution < 1.29 is 29.0 Å². The van der Waals surface area contributed by atoms with E-state index in [1.54, 1.807) is 6.07 Å². The Balaban J connectivity index is 1.55. The van der Waals surface area contributed by atoms with Gasteiger partial charge in [-0.25, -0.2) is 4.79 Å². The van der Waals surface area contributed by atoms with E-state index < -0.39 is 29.7 Å². The Labute approximate surface area is 200 Å². The molecular formula is C27H33NO6. The highest BCUT2D eigenvalue weighted by Gasteiger charge is 2.58. The monoisotopic (exact) mass is 467 g/mol. The molecule has 1 aromatic carbocycles. The second-order valence-electron chi connectivity index (χ2n) is 9.31. The minimum absolute atomic E-state index is 0.111. The molecule has 34 heavy (non-hydrogen) atoms. The van der Waals surface area contributed by atoms with Gasteiger partial charge in [0.2, 0.25) is 11.8 Å². The molecule has 0 aromatic heterocycles. The molecule has 1 N–H and O–H groups in total. The first kappa shape index (κ1) is 24.2. The smallest absolute Gasteiger partial charge is 0.423 e. The molecule has 0 spiro atoms. The van der Waals surface area contributed by atoms with Crippen molar-refractivity contribution in [3.05, 3.63) is 46.5 Å². The number of hydrogen-bond donors (Lipinski definition) is 1. The molecule has 0 bridgehead atoms. The summed E-state index contributed by atoms with van der Waals surface area (Å²) in [5.74, 6) is -1.91. The normalized spacial score (nSPS) is 26.7. The van der Waals surface area contributed by atoms with E-state index in [0.29, 0.717) is 17.9 Å². The van der Waals surface area contributed by atoms with Crippen LogP contribution in [-0.2, 0) is 19.1 Å². The van der Waals surface area contributed by atoms with Gasteiger partial charge in [-0.2, -0.15) is 4.90 Å².